The first kappa shape index (κ1) is 66.7. The van der Waals surface area contributed by atoms with Gasteiger partial charge in [0.1, 0.15) is 18.0 Å². The van der Waals surface area contributed by atoms with Crippen LogP contribution in [0.2, 0.25) is 10.0 Å². The van der Waals surface area contributed by atoms with Gasteiger partial charge in [-0.3, -0.25) is 14.6 Å². The first-order chi connectivity index (χ1) is 42.7. The number of piperazine rings is 2. The topological polar surface area (TPSA) is 299 Å². The SMILES string of the molecule is N#Cc1cc(Cl)cc2c1C[C@H](N1CCNCC1)[C@H]2Oc1ccc(S(=O)(=O)NCCOCCOCCNC(=O)NC2CCC(NC(=O)NCCOCCOCCN(O[C@H]3c4cc(Cl)cc(C#N)c4C[C@@H]3N3CCNCC3)S(=O)(=O)c3ccccc3)CC2)cc1. The molecule has 0 radical (unpaired) electrons. The molecule has 2 saturated heterocycles. The standard InChI is InChI=1S/C60H78Cl2N12O12S2/c61-44-34-42(40-63)51-38-55(72-21-14-65-15-22-72)57(53(51)36-44)85-48-10-12-49(13-11-48)87(77,78)69-20-28-83-31-30-81-26-18-67-59(75)70-46-6-8-47(9-7-46)71-60(76)68-19-27-82-32-33-84-29-25-74(88(79,80)50-4-2-1-3-5-50)86-58-54-37-45(62)35-43(41-64)52(54)39-56(58)73-23-16-66-17-24-73/h1-5,10-13,34-37,46-47,55-58,65-66,69H,6-9,14-33,38-39H2,(H2,67,70,75)(H2,68,71,76)/t46?,47?,55-,56-,57-,58-/m0/s1. The van der Waals surface area contributed by atoms with Gasteiger partial charge in [0, 0.05) is 100 Å². The van der Waals surface area contributed by atoms with Gasteiger partial charge in [0.2, 0.25) is 10.0 Å². The molecule has 0 aromatic heterocycles. The summed E-state index contributed by atoms with van der Waals surface area (Å²) >= 11 is 12.9. The predicted octanol–water partition coefficient (Wildman–Crippen LogP) is 4.13. The molecule has 2 heterocycles. The molecule has 1 saturated carbocycles. The van der Waals surface area contributed by atoms with Crippen molar-refractivity contribution >= 4 is 55.3 Å². The molecular weight excluding hydrogens is 1220 g/mol. The number of hydroxylamine groups is 1. The lowest BCUT2D eigenvalue weighted by Crippen LogP contribution is -2.51. The van der Waals surface area contributed by atoms with Gasteiger partial charge in [0.05, 0.1) is 98.5 Å². The molecule has 24 nitrogen and oxygen atoms in total. The van der Waals surface area contributed by atoms with Crippen molar-refractivity contribution in [3.8, 4) is 17.9 Å². The van der Waals surface area contributed by atoms with Crippen molar-refractivity contribution in [2.24, 2.45) is 0 Å². The minimum Gasteiger partial charge on any atom is -0.484 e. The minimum absolute atomic E-state index is 0.00109. The van der Waals surface area contributed by atoms with Crippen molar-refractivity contribution in [1.82, 2.24) is 50.9 Å². The van der Waals surface area contributed by atoms with E-state index in [1.807, 2.05) is 6.07 Å². The highest BCUT2D eigenvalue weighted by Crippen LogP contribution is 2.43. The van der Waals surface area contributed by atoms with E-state index in [0.29, 0.717) is 71.0 Å². The van der Waals surface area contributed by atoms with Crippen LogP contribution in [0.15, 0.2) is 88.7 Å². The maximum absolute atomic E-state index is 14.1. The van der Waals surface area contributed by atoms with Crippen molar-refractivity contribution in [2.45, 2.75) is 84.7 Å². The largest absolute Gasteiger partial charge is 0.484 e. The third-order valence-electron chi connectivity index (χ3n) is 16.2. The number of ether oxygens (including phenoxy) is 5. The van der Waals surface area contributed by atoms with Gasteiger partial charge in [0.15, 0.2) is 0 Å². The zero-order valence-electron chi connectivity index (χ0n) is 49.1. The van der Waals surface area contributed by atoms with E-state index in [4.69, 9.17) is 51.7 Å². The number of nitriles is 2. The lowest BCUT2D eigenvalue weighted by Gasteiger charge is -2.37. The van der Waals surface area contributed by atoms with Crippen molar-refractivity contribution in [3.05, 3.63) is 122 Å². The summed E-state index contributed by atoms with van der Waals surface area (Å²) < 4.78 is 87.1. The number of halogens is 2. The molecule has 7 N–H and O–H groups in total. The second-order valence-electron chi connectivity index (χ2n) is 22.0. The summed E-state index contributed by atoms with van der Waals surface area (Å²) in [5.41, 5.74) is 4.27. The normalized spacial score (nSPS) is 21.4. The molecule has 0 unspecified atom stereocenters. The summed E-state index contributed by atoms with van der Waals surface area (Å²) in [5, 5.41) is 39.0. The fourth-order valence-corrected chi connectivity index (χ4v) is 14.5. The van der Waals surface area contributed by atoms with Crippen molar-refractivity contribution in [1.29, 1.82) is 10.5 Å². The molecule has 9 rings (SSSR count). The number of benzene rings is 4. The quantitative estimate of drug-likeness (QED) is 0.0285. The number of urea groups is 2. The highest BCUT2D eigenvalue weighted by atomic mass is 35.5. The van der Waals surface area contributed by atoms with E-state index >= 15 is 0 Å². The lowest BCUT2D eigenvalue weighted by atomic mass is 9.91. The van der Waals surface area contributed by atoms with Crippen LogP contribution in [0, 0.1) is 22.7 Å². The Morgan fingerprint density at radius 2 is 1.06 bits per heavy atom. The van der Waals surface area contributed by atoms with Crippen LogP contribution in [0.1, 0.15) is 71.3 Å². The predicted molar refractivity (Wildman–Crippen MR) is 328 cm³/mol. The molecule has 0 bridgehead atoms. The molecule has 3 fully saturated rings. The molecule has 4 atom stereocenters. The first-order valence-corrected chi connectivity index (χ1v) is 33.6. The summed E-state index contributed by atoms with van der Waals surface area (Å²) in [7, 11) is -7.98. The van der Waals surface area contributed by atoms with Crippen molar-refractivity contribution in [3.63, 3.8) is 0 Å². The number of sulfonamides is 2. The third-order valence-corrected chi connectivity index (χ3v) is 19.8. The summed E-state index contributed by atoms with van der Waals surface area (Å²) in [6.07, 6.45) is 2.81. The van der Waals surface area contributed by atoms with E-state index < -0.39 is 26.2 Å². The summed E-state index contributed by atoms with van der Waals surface area (Å²) in [6.45, 7) is 8.28. The van der Waals surface area contributed by atoms with Crippen LogP contribution in [0.5, 0.6) is 5.75 Å². The Morgan fingerprint density at radius 1 is 0.591 bits per heavy atom. The fourth-order valence-electron chi connectivity index (χ4n) is 11.8. The molecule has 28 heteroatoms. The van der Waals surface area contributed by atoms with Crippen LogP contribution >= 0.6 is 23.2 Å². The third kappa shape index (κ3) is 18.2. The molecule has 4 aromatic carbocycles. The van der Waals surface area contributed by atoms with Crippen LogP contribution in [-0.4, -0.2) is 199 Å². The van der Waals surface area contributed by atoms with E-state index in [0.717, 1.165) is 73.5 Å². The number of carbonyl (C=O) groups is 2. The average Bonchev–Trinajstić information content (AvgIpc) is 1.75. The fraction of sp³-hybridized carbons (Fsp3) is 0.533. The molecule has 4 amide bonds. The van der Waals surface area contributed by atoms with Gasteiger partial charge in [0.25, 0.3) is 10.0 Å². The summed E-state index contributed by atoms with van der Waals surface area (Å²) in [5.74, 6) is 0.500. The van der Waals surface area contributed by atoms with Gasteiger partial charge in [-0.15, -0.1) is 0 Å². The van der Waals surface area contributed by atoms with E-state index in [9.17, 15) is 36.9 Å². The van der Waals surface area contributed by atoms with Crippen LogP contribution in [0.25, 0.3) is 0 Å². The monoisotopic (exact) mass is 1290 g/mol. The number of fused-ring (bicyclic) bond motifs is 2. The molecular formula is C60H78Cl2N12O12S2. The van der Waals surface area contributed by atoms with Gasteiger partial charge in [-0.1, -0.05) is 45.9 Å². The number of hydrogen-bond acceptors (Lipinski definition) is 18. The maximum Gasteiger partial charge on any atom is 0.315 e. The Hall–Kier alpha value is -5.76. The number of nitrogens with one attached hydrogen (secondary N) is 7. The van der Waals surface area contributed by atoms with Gasteiger partial charge < -0.3 is 55.6 Å². The number of carbonyl (C=O) groups excluding carboxylic acids is 2. The number of amides is 4. The van der Waals surface area contributed by atoms with E-state index in [-0.39, 0.29) is 131 Å². The zero-order valence-corrected chi connectivity index (χ0v) is 52.2. The Balaban J connectivity index is 0.588. The smallest absolute Gasteiger partial charge is 0.315 e. The molecule has 2 aliphatic heterocycles. The Morgan fingerprint density at radius 3 is 1.56 bits per heavy atom. The van der Waals surface area contributed by atoms with Crippen molar-refractivity contribution < 1.29 is 54.9 Å². The van der Waals surface area contributed by atoms with E-state index in [1.54, 1.807) is 48.5 Å². The van der Waals surface area contributed by atoms with Crippen LogP contribution in [0.3, 0.4) is 0 Å². The summed E-state index contributed by atoms with van der Waals surface area (Å²) in [4.78, 5) is 36.6. The van der Waals surface area contributed by atoms with E-state index in [2.05, 4.69) is 58.6 Å². The number of nitrogens with zero attached hydrogens (tertiary/aromatic N) is 5. The first-order valence-electron chi connectivity index (χ1n) is 30.0. The van der Waals surface area contributed by atoms with Gasteiger partial charge >= 0.3 is 12.1 Å². The zero-order chi connectivity index (χ0) is 61.9. The van der Waals surface area contributed by atoms with Crippen LogP contribution < -0.4 is 41.4 Å². The number of rotatable bonds is 30. The molecule has 3 aliphatic carbocycles. The Labute approximate surface area is 525 Å². The number of hydrogen-bond donors (Lipinski definition) is 7. The van der Waals surface area contributed by atoms with Gasteiger partial charge in [-0.05, 0) is 121 Å². The molecule has 0 spiro atoms. The maximum atomic E-state index is 14.1. The molecule has 5 aliphatic rings. The highest BCUT2D eigenvalue weighted by molar-refractivity contribution is 7.89. The van der Waals surface area contributed by atoms with Gasteiger partial charge in [-0.2, -0.15) is 10.5 Å². The molecule has 4 aromatic rings. The Kier molecular flexibility index (Phi) is 24.9. The van der Waals surface area contributed by atoms with E-state index in [1.165, 1.54) is 24.3 Å². The second kappa shape index (κ2) is 32.8. The molecule has 476 valence electrons. The average molecular weight is 1290 g/mol. The highest BCUT2D eigenvalue weighted by Gasteiger charge is 2.43. The molecule has 88 heavy (non-hydrogen) atoms. The van der Waals surface area contributed by atoms with Crippen LogP contribution in [-0.2, 0) is 56.7 Å². The second-order valence-corrected chi connectivity index (χ2v) is 26.4. The summed E-state index contributed by atoms with van der Waals surface area (Å²) in [6, 6.07) is 24.8. The van der Waals surface area contributed by atoms with Crippen LogP contribution in [0.4, 0.5) is 9.59 Å². The Bertz CT molecular complexity index is 3270. The lowest BCUT2D eigenvalue weighted by molar-refractivity contribution is -0.163. The minimum atomic E-state index is -4.15. The van der Waals surface area contributed by atoms with Crippen molar-refractivity contribution in [2.75, 3.05) is 131 Å². The van der Waals surface area contributed by atoms with Gasteiger partial charge in [-0.25, -0.2) is 31.1 Å².